The molecule has 8 heteroatoms. The van der Waals surface area contributed by atoms with Crippen molar-refractivity contribution in [1.29, 1.82) is 0 Å². The maximum atomic E-state index is 10.8. The number of nitrogens with zero attached hydrogens (tertiary/aromatic N) is 1. The van der Waals surface area contributed by atoms with Crippen LogP contribution in [0.15, 0.2) is 24.3 Å². The lowest BCUT2D eigenvalue weighted by atomic mass is 10.2. The molecule has 7 nitrogen and oxygen atoms in total. The Balaban J connectivity index is 2.99. The lowest BCUT2D eigenvalue weighted by Gasteiger charge is -2.12. The quantitative estimate of drug-likeness (QED) is 0.400. The topological polar surface area (TPSA) is 127 Å². The molecule has 0 saturated heterocycles. The summed E-state index contributed by atoms with van der Waals surface area (Å²) in [6.07, 6.45) is 0. The van der Waals surface area contributed by atoms with E-state index in [4.69, 9.17) is 15.5 Å². The summed E-state index contributed by atoms with van der Waals surface area (Å²) in [6.45, 7) is 0. The summed E-state index contributed by atoms with van der Waals surface area (Å²) >= 11 is 0. The fourth-order valence-electron chi connectivity index (χ4n) is 0.987. The Bertz CT molecular complexity index is 412. The van der Waals surface area contributed by atoms with Crippen LogP contribution in [0, 0.1) is 10.1 Å². The minimum atomic E-state index is -4.41. The third-order valence-electron chi connectivity index (χ3n) is 1.81. The van der Waals surface area contributed by atoms with Crippen molar-refractivity contribution in [2.75, 3.05) is 0 Å². The molecular formula is C7H9N2O5P. The zero-order valence-corrected chi connectivity index (χ0v) is 8.37. The molecule has 15 heavy (non-hydrogen) atoms. The number of nitro groups is 1. The van der Waals surface area contributed by atoms with E-state index in [9.17, 15) is 14.7 Å². The van der Waals surface area contributed by atoms with Crippen LogP contribution in [-0.2, 0) is 4.57 Å². The maximum absolute atomic E-state index is 10.8. The lowest BCUT2D eigenvalue weighted by Crippen LogP contribution is -2.10. The monoisotopic (exact) mass is 232 g/mol. The zero-order valence-electron chi connectivity index (χ0n) is 7.48. The summed E-state index contributed by atoms with van der Waals surface area (Å²) in [4.78, 5) is 27.2. The van der Waals surface area contributed by atoms with Crippen LogP contribution in [0.25, 0.3) is 0 Å². The van der Waals surface area contributed by atoms with E-state index in [-0.39, 0.29) is 11.3 Å². The zero-order chi connectivity index (χ0) is 11.6. The van der Waals surface area contributed by atoms with Gasteiger partial charge < -0.3 is 15.5 Å². The van der Waals surface area contributed by atoms with E-state index in [1.54, 1.807) is 0 Å². The molecular weight excluding hydrogens is 223 g/mol. The molecule has 0 amide bonds. The Kier molecular flexibility index (Phi) is 3.21. The molecule has 1 aromatic rings. The van der Waals surface area contributed by atoms with Gasteiger partial charge in [0.2, 0.25) is 0 Å². The molecule has 0 fully saturated rings. The van der Waals surface area contributed by atoms with Gasteiger partial charge in [-0.1, -0.05) is 0 Å². The second-order valence-corrected chi connectivity index (χ2v) is 4.62. The standard InChI is InChI=1S/C7H9N2O5P/c8-7(15(12,13)14)5-1-3-6(4-2-5)9(10)11/h1-4,7H,8H2,(H2,12,13,14). The summed E-state index contributed by atoms with van der Waals surface area (Å²) in [5.41, 5.74) is 5.27. The van der Waals surface area contributed by atoms with Crippen LogP contribution >= 0.6 is 7.60 Å². The summed E-state index contributed by atoms with van der Waals surface area (Å²) < 4.78 is 10.8. The highest BCUT2D eigenvalue weighted by atomic mass is 31.2. The van der Waals surface area contributed by atoms with Crippen molar-refractivity contribution in [2.24, 2.45) is 5.73 Å². The van der Waals surface area contributed by atoms with Crippen LogP contribution in [0.2, 0.25) is 0 Å². The minimum Gasteiger partial charge on any atom is -0.323 e. The smallest absolute Gasteiger partial charge is 0.323 e. The average molecular weight is 232 g/mol. The molecule has 1 unspecified atom stereocenters. The number of benzene rings is 1. The van der Waals surface area contributed by atoms with Gasteiger partial charge in [0.05, 0.1) is 4.92 Å². The molecule has 0 aliphatic heterocycles. The molecule has 0 aliphatic rings. The van der Waals surface area contributed by atoms with Crippen molar-refractivity contribution in [1.82, 2.24) is 0 Å². The first-order valence-corrected chi connectivity index (χ1v) is 5.55. The maximum Gasteiger partial charge on any atom is 0.346 e. The van der Waals surface area contributed by atoms with E-state index in [0.29, 0.717) is 0 Å². The Morgan fingerprint density at radius 2 is 1.80 bits per heavy atom. The van der Waals surface area contributed by atoms with Crippen LogP contribution < -0.4 is 5.73 Å². The van der Waals surface area contributed by atoms with Gasteiger partial charge in [-0.25, -0.2) is 0 Å². The Hall–Kier alpha value is -1.27. The average Bonchev–Trinajstić information content (AvgIpc) is 2.15. The van der Waals surface area contributed by atoms with Crippen molar-refractivity contribution in [3.05, 3.63) is 39.9 Å². The van der Waals surface area contributed by atoms with Gasteiger partial charge in [0.25, 0.3) is 5.69 Å². The molecule has 4 N–H and O–H groups in total. The Morgan fingerprint density at radius 1 is 1.33 bits per heavy atom. The first kappa shape index (κ1) is 11.8. The largest absolute Gasteiger partial charge is 0.346 e. The predicted molar refractivity (Wildman–Crippen MR) is 52.1 cm³/mol. The Labute approximate surface area is 84.8 Å². The van der Waals surface area contributed by atoms with E-state index in [0.717, 1.165) is 12.1 Å². The van der Waals surface area contributed by atoms with Gasteiger partial charge in [0.15, 0.2) is 0 Å². The highest BCUT2D eigenvalue weighted by molar-refractivity contribution is 7.52. The van der Waals surface area contributed by atoms with E-state index in [1.807, 2.05) is 0 Å². The molecule has 0 aliphatic carbocycles. The van der Waals surface area contributed by atoms with Crippen molar-refractivity contribution < 1.29 is 19.3 Å². The summed E-state index contributed by atoms with van der Waals surface area (Å²) in [6, 6.07) is 4.74. The van der Waals surface area contributed by atoms with Crippen molar-refractivity contribution in [3.8, 4) is 0 Å². The third kappa shape index (κ3) is 2.84. The SMILES string of the molecule is NC(c1ccc([N+](=O)[O-])cc1)P(=O)(O)O. The normalized spacial score (nSPS) is 13.5. The number of nitrogens with two attached hydrogens (primary N) is 1. The van der Waals surface area contributed by atoms with Crippen molar-refractivity contribution >= 4 is 13.3 Å². The van der Waals surface area contributed by atoms with Gasteiger partial charge in [-0.3, -0.25) is 14.7 Å². The molecule has 1 rings (SSSR count). The van der Waals surface area contributed by atoms with Crippen LogP contribution in [-0.4, -0.2) is 14.7 Å². The van der Waals surface area contributed by atoms with E-state index in [2.05, 4.69) is 0 Å². The van der Waals surface area contributed by atoms with Crippen molar-refractivity contribution in [3.63, 3.8) is 0 Å². The van der Waals surface area contributed by atoms with Crippen LogP contribution in [0.5, 0.6) is 0 Å². The predicted octanol–water partition coefficient (Wildman–Crippen LogP) is 0.730. The first-order valence-electron chi connectivity index (χ1n) is 3.87. The highest BCUT2D eigenvalue weighted by Gasteiger charge is 2.26. The Morgan fingerprint density at radius 3 is 2.13 bits per heavy atom. The van der Waals surface area contributed by atoms with Gasteiger partial charge in [0.1, 0.15) is 5.78 Å². The van der Waals surface area contributed by atoms with E-state index >= 15 is 0 Å². The van der Waals surface area contributed by atoms with Gasteiger partial charge in [0, 0.05) is 12.1 Å². The molecule has 0 saturated carbocycles. The number of non-ortho nitro benzene ring substituents is 1. The molecule has 0 spiro atoms. The van der Waals surface area contributed by atoms with Gasteiger partial charge >= 0.3 is 7.60 Å². The number of hydrogen-bond acceptors (Lipinski definition) is 4. The van der Waals surface area contributed by atoms with Crippen molar-refractivity contribution in [2.45, 2.75) is 5.78 Å². The molecule has 1 aromatic carbocycles. The lowest BCUT2D eigenvalue weighted by molar-refractivity contribution is -0.384. The number of rotatable bonds is 3. The number of nitro benzene ring substituents is 1. The third-order valence-corrected chi connectivity index (χ3v) is 2.83. The molecule has 0 aromatic heterocycles. The summed E-state index contributed by atoms with van der Waals surface area (Å²) in [5.74, 6) is -1.45. The fourth-order valence-corrected chi connectivity index (χ4v) is 1.55. The highest BCUT2D eigenvalue weighted by Crippen LogP contribution is 2.48. The molecule has 1 atom stereocenters. The summed E-state index contributed by atoms with van der Waals surface area (Å²) in [5, 5.41) is 10.3. The van der Waals surface area contributed by atoms with E-state index in [1.165, 1.54) is 12.1 Å². The van der Waals surface area contributed by atoms with E-state index < -0.39 is 18.3 Å². The molecule has 0 bridgehead atoms. The number of hydrogen-bond donors (Lipinski definition) is 3. The fraction of sp³-hybridized carbons (Fsp3) is 0.143. The molecule has 82 valence electrons. The van der Waals surface area contributed by atoms with Crippen LogP contribution in [0.1, 0.15) is 11.3 Å². The second-order valence-electron chi connectivity index (χ2n) is 2.88. The van der Waals surface area contributed by atoms with Crippen LogP contribution in [0.4, 0.5) is 5.69 Å². The summed E-state index contributed by atoms with van der Waals surface area (Å²) in [7, 11) is -4.41. The minimum absolute atomic E-state index is 0.156. The second kappa shape index (κ2) is 4.08. The van der Waals surface area contributed by atoms with Crippen LogP contribution in [0.3, 0.4) is 0 Å². The van der Waals surface area contributed by atoms with Gasteiger partial charge in [-0.05, 0) is 17.7 Å². The van der Waals surface area contributed by atoms with Gasteiger partial charge in [-0.2, -0.15) is 0 Å². The molecule has 0 heterocycles. The molecule has 0 radical (unpaired) electrons. The van der Waals surface area contributed by atoms with Gasteiger partial charge in [-0.15, -0.1) is 0 Å². The first-order chi connectivity index (χ1) is 6.82.